The Kier molecular flexibility index (Phi) is 4.76. The predicted molar refractivity (Wildman–Crippen MR) is 75.2 cm³/mol. The third-order valence-electron chi connectivity index (χ3n) is 3.49. The van der Waals surface area contributed by atoms with Crippen molar-refractivity contribution in [2.45, 2.75) is 45.2 Å². The van der Waals surface area contributed by atoms with Gasteiger partial charge in [0.25, 0.3) is 0 Å². The summed E-state index contributed by atoms with van der Waals surface area (Å²) in [4.78, 5) is 18.4. The number of aromatic nitrogens is 1. The molecule has 0 radical (unpaired) electrons. The number of carbonyl (C=O) groups excluding carboxylic acids is 1. The van der Waals surface area contributed by atoms with E-state index in [9.17, 15) is 9.90 Å². The van der Waals surface area contributed by atoms with Crippen molar-refractivity contribution in [3.05, 3.63) is 16.1 Å². The van der Waals surface area contributed by atoms with E-state index in [1.165, 1.54) is 0 Å². The Morgan fingerprint density at radius 2 is 2.53 bits per heavy atom. The third-order valence-corrected chi connectivity index (χ3v) is 4.57. The van der Waals surface area contributed by atoms with Crippen molar-refractivity contribution in [2.24, 2.45) is 0 Å². The van der Waals surface area contributed by atoms with Gasteiger partial charge in [0.1, 0.15) is 5.01 Å². The first-order chi connectivity index (χ1) is 9.15. The lowest BCUT2D eigenvalue weighted by atomic mass is 10.2. The first kappa shape index (κ1) is 14.3. The van der Waals surface area contributed by atoms with E-state index in [1.54, 1.807) is 16.2 Å². The minimum absolute atomic E-state index is 0.0319. The molecule has 106 valence electrons. The van der Waals surface area contributed by atoms with Gasteiger partial charge >= 0.3 is 6.03 Å². The van der Waals surface area contributed by atoms with E-state index in [0.29, 0.717) is 0 Å². The molecule has 0 spiro atoms. The van der Waals surface area contributed by atoms with Crippen LogP contribution in [-0.4, -0.2) is 40.2 Å². The molecular weight excluding hydrogens is 262 g/mol. The van der Waals surface area contributed by atoms with Crippen LogP contribution in [-0.2, 0) is 0 Å². The number of aliphatic hydroxyl groups excluding tert-OH is 1. The van der Waals surface area contributed by atoms with Crippen LogP contribution in [0.1, 0.15) is 42.9 Å². The van der Waals surface area contributed by atoms with Gasteiger partial charge in [0.2, 0.25) is 0 Å². The fourth-order valence-corrected chi connectivity index (χ4v) is 3.33. The van der Waals surface area contributed by atoms with Crippen molar-refractivity contribution in [1.29, 1.82) is 0 Å². The van der Waals surface area contributed by atoms with Gasteiger partial charge < -0.3 is 15.3 Å². The number of hydrogen-bond donors (Lipinski definition) is 2. The Morgan fingerprint density at radius 3 is 3.11 bits per heavy atom. The molecule has 2 rings (SSSR count). The Labute approximate surface area is 117 Å². The third kappa shape index (κ3) is 3.25. The molecule has 1 aliphatic rings. The van der Waals surface area contributed by atoms with Gasteiger partial charge in [-0.1, -0.05) is 6.92 Å². The van der Waals surface area contributed by atoms with Crippen molar-refractivity contribution in [3.63, 3.8) is 0 Å². The molecule has 1 aliphatic heterocycles. The van der Waals surface area contributed by atoms with E-state index < -0.39 is 0 Å². The van der Waals surface area contributed by atoms with Crippen LogP contribution in [0.5, 0.6) is 0 Å². The monoisotopic (exact) mass is 283 g/mol. The smallest absolute Gasteiger partial charge is 0.318 e. The molecule has 0 saturated carbocycles. The Bertz CT molecular complexity index is 435. The number of aryl methyl sites for hydroxylation is 1. The molecule has 5 nitrogen and oxygen atoms in total. The largest absolute Gasteiger partial charge is 0.394 e. The van der Waals surface area contributed by atoms with Gasteiger partial charge in [-0.05, 0) is 26.2 Å². The zero-order chi connectivity index (χ0) is 13.8. The molecule has 1 unspecified atom stereocenters. The van der Waals surface area contributed by atoms with E-state index in [4.69, 9.17) is 0 Å². The highest BCUT2D eigenvalue weighted by atomic mass is 32.1. The van der Waals surface area contributed by atoms with Crippen molar-refractivity contribution >= 4 is 17.4 Å². The zero-order valence-electron chi connectivity index (χ0n) is 11.4. The van der Waals surface area contributed by atoms with E-state index in [-0.39, 0.29) is 24.7 Å². The van der Waals surface area contributed by atoms with E-state index >= 15 is 0 Å². The number of hydrogen-bond acceptors (Lipinski definition) is 4. The number of aliphatic hydroxyl groups is 1. The van der Waals surface area contributed by atoms with Crippen LogP contribution >= 0.6 is 11.3 Å². The normalized spacial score (nSPS) is 20.6. The van der Waals surface area contributed by atoms with Gasteiger partial charge in [-0.25, -0.2) is 9.78 Å². The van der Waals surface area contributed by atoms with Gasteiger partial charge in [0.15, 0.2) is 0 Å². The summed E-state index contributed by atoms with van der Waals surface area (Å²) in [5.41, 5.74) is 0.988. The molecule has 0 aromatic carbocycles. The highest BCUT2D eigenvalue weighted by Gasteiger charge is 2.29. The first-order valence-corrected chi connectivity index (χ1v) is 7.63. The molecule has 0 bridgehead atoms. The van der Waals surface area contributed by atoms with Crippen LogP contribution in [0.4, 0.5) is 4.79 Å². The van der Waals surface area contributed by atoms with Crippen LogP contribution in [0.3, 0.4) is 0 Å². The van der Waals surface area contributed by atoms with Crippen LogP contribution < -0.4 is 5.32 Å². The number of nitrogens with one attached hydrogen (secondary N) is 1. The lowest BCUT2D eigenvalue weighted by molar-refractivity contribution is 0.154. The molecule has 6 heteroatoms. The van der Waals surface area contributed by atoms with Crippen molar-refractivity contribution < 1.29 is 9.90 Å². The number of amides is 2. The SMILES string of the molecule is CCC(NC(=O)N1CCC[C@H]1CO)c1nc(C)cs1. The van der Waals surface area contributed by atoms with Crippen molar-refractivity contribution in [3.8, 4) is 0 Å². The average molecular weight is 283 g/mol. The maximum atomic E-state index is 12.2. The molecule has 2 atom stereocenters. The summed E-state index contributed by atoms with van der Waals surface area (Å²) in [6, 6.07) is -0.155. The van der Waals surface area contributed by atoms with Crippen molar-refractivity contribution in [1.82, 2.24) is 15.2 Å². The molecule has 1 saturated heterocycles. The Hall–Kier alpha value is -1.14. The summed E-state index contributed by atoms with van der Waals surface area (Å²) in [5.74, 6) is 0. The Balaban J connectivity index is 2.00. The molecule has 19 heavy (non-hydrogen) atoms. The van der Waals surface area contributed by atoms with Crippen LogP contribution in [0, 0.1) is 6.92 Å². The Morgan fingerprint density at radius 1 is 1.74 bits per heavy atom. The highest BCUT2D eigenvalue weighted by molar-refractivity contribution is 7.09. The molecule has 1 fully saturated rings. The van der Waals surface area contributed by atoms with Gasteiger partial charge in [-0.3, -0.25) is 0 Å². The van der Waals surface area contributed by atoms with Crippen LogP contribution in [0.15, 0.2) is 5.38 Å². The van der Waals surface area contributed by atoms with Crippen LogP contribution in [0.2, 0.25) is 0 Å². The summed E-state index contributed by atoms with van der Waals surface area (Å²) in [7, 11) is 0. The minimum Gasteiger partial charge on any atom is -0.394 e. The van der Waals surface area contributed by atoms with Crippen LogP contribution in [0.25, 0.3) is 0 Å². The van der Waals surface area contributed by atoms with Gasteiger partial charge in [-0.15, -0.1) is 11.3 Å². The van der Waals surface area contributed by atoms with E-state index in [2.05, 4.69) is 10.3 Å². The molecule has 1 aromatic heterocycles. The lowest BCUT2D eigenvalue weighted by Crippen LogP contribution is -2.45. The number of rotatable bonds is 4. The quantitative estimate of drug-likeness (QED) is 0.889. The number of carbonyl (C=O) groups is 1. The van der Waals surface area contributed by atoms with E-state index in [0.717, 1.165) is 36.5 Å². The summed E-state index contributed by atoms with van der Waals surface area (Å²) < 4.78 is 0. The lowest BCUT2D eigenvalue weighted by Gasteiger charge is -2.25. The number of thiazole rings is 1. The van der Waals surface area contributed by atoms with Gasteiger partial charge in [0, 0.05) is 17.6 Å². The molecule has 2 heterocycles. The summed E-state index contributed by atoms with van der Waals surface area (Å²) in [6.45, 7) is 4.76. The van der Waals surface area contributed by atoms with Gasteiger partial charge in [0.05, 0.1) is 18.7 Å². The standard InChI is InChI=1S/C13H21N3O2S/c1-3-11(12-14-9(2)8-19-12)15-13(18)16-6-4-5-10(16)7-17/h8,10-11,17H,3-7H2,1-2H3,(H,15,18)/t10-,11?/m0/s1. The number of likely N-dealkylation sites (tertiary alicyclic amines) is 1. The van der Waals surface area contributed by atoms with Gasteiger partial charge in [-0.2, -0.15) is 0 Å². The maximum Gasteiger partial charge on any atom is 0.318 e. The number of urea groups is 1. The first-order valence-electron chi connectivity index (χ1n) is 6.75. The van der Waals surface area contributed by atoms with Crippen molar-refractivity contribution in [2.75, 3.05) is 13.2 Å². The van der Waals surface area contributed by atoms with E-state index in [1.807, 2.05) is 19.2 Å². The minimum atomic E-state index is -0.0868. The maximum absolute atomic E-state index is 12.2. The number of nitrogens with zero attached hydrogens (tertiary/aromatic N) is 2. The topological polar surface area (TPSA) is 65.5 Å². The second-order valence-corrected chi connectivity index (χ2v) is 5.80. The molecule has 0 aliphatic carbocycles. The fourth-order valence-electron chi connectivity index (χ4n) is 2.40. The predicted octanol–water partition coefficient (Wildman–Crippen LogP) is 2.07. The summed E-state index contributed by atoms with van der Waals surface area (Å²) in [5, 5.41) is 15.2. The summed E-state index contributed by atoms with van der Waals surface area (Å²) >= 11 is 1.58. The fraction of sp³-hybridized carbons (Fsp3) is 0.692. The second kappa shape index (κ2) is 6.34. The highest BCUT2D eigenvalue weighted by Crippen LogP contribution is 2.23. The second-order valence-electron chi connectivity index (χ2n) is 4.91. The average Bonchev–Trinajstić information content (AvgIpc) is 3.03. The summed E-state index contributed by atoms with van der Waals surface area (Å²) in [6.07, 6.45) is 2.67. The molecule has 2 amide bonds. The molecule has 2 N–H and O–H groups in total. The molecule has 1 aromatic rings. The molecular formula is C13H21N3O2S. The zero-order valence-corrected chi connectivity index (χ0v) is 12.2.